The first-order valence-electron chi connectivity index (χ1n) is 8.88. The summed E-state index contributed by atoms with van der Waals surface area (Å²) in [6.07, 6.45) is 1.99. The number of aryl methyl sites for hydroxylation is 1. The fraction of sp³-hybridized carbons (Fsp3) is 0.474. The molecular formula is C19H28ClN5S. The van der Waals surface area contributed by atoms with Gasteiger partial charge >= 0.3 is 0 Å². The Morgan fingerprint density at radius 3 is 2.35 bits per heavy atom. The van der Waals surface area contributed by atoms with Gasteiger partial charge in [-0.1, -0.05) is 43.1 Å². The van der Waals surface area contributed by atoms with Crippen LogP contribution >= 0.6 is 23.4 Å². The molecule has 0 aliphatic heterocycles. The molecule has 5 nitrogen and oxygen atoms in total. The van der Waals surface area contributed by atoms with Crippen molar-refractivity contribution in [3.05, 3.63) is 35.0 Å². The minimum absolute atomic E-state index is 0.479. The molecule has 1 N–H and O–H groups in total. The van der Waals surface area contributed by atoms with Gasteiger partial charge in [0.15, 0.2) is 0 Å². The molecule has 0 saturated heterocycles. The zero-order valence-electron chi connectivity index (χ0n) is 16.2. The van der Waals surface area contributed by atoms with Crippen molar-refractivity contribution >= 4 is 40.8 Å². The molecule has 0 fully saturated rings. The number of thioether (sulfide) groups is 1. The number of benzene rings is 1. The van der Waals surface area contributed by atoms with Gasteiger partial charge in [-0.15, -0.1) is 11.8 Å². The average molecular weight is 394 g/mol. The monoisotopic (exact) mass is 393 g/mol. The normalized spacial score (nSPS) is 11.0. The van der Waals surface area contributed by atoms with Crippen LogP contribution in [0.2, 0.25) is 5.15 Å². The number of hydrogen-bond donors (Lipinski definition) is 1. The first-order chi connectivity index (χ1) is 12.5. The van der Waals surface area contributed by atoms with Crippen LogP contribution < -0.4 is 10.2 Å². The van der Waals surface area contributed by atoms with E-state index in [1.165, 1.54) is 5.56 Å². The van der Waals surface area contributed by atoms with E-state index in [0.717, 1.165) is 42.6 Å². The molecule has 0 aliphatic carbocycles. The topological polar surface area (TPSA) is 44.3 Å². The van der Waals surface area contributed by atoms with Crippen molar-refractivity contribution in [2.75, 3.05) is 49.7 Å². The second-order valence-corrected chi connectivity index (χ2v) is 7.22. The van der Waals surface area contributed by atoms with E-state index in [4.69, 9.17) is 16.6 Å². The van der Waals surface area contributed by atoms with E-state index < -0.39 is 0 Å². The van der Waals surface area contributed by atoms with Crippen molar-refractivity contribution in [2.45, 2.75) is 25.7 Å². The maximum absolute atomic E-state index is 6.44. The molecule has 26 heavy (non-hydrogen) atoms. The van der Waals surface area contributed by atoms with Gasteiger partial charge in [-0.2, -0.15) is 9.97 Å². The Morgan fingerprint density at radius 1 is 1.12 bits per heavy atom. The molecule has 1 aromatic heterocycles. The highest BCUT2D eigenvalue weighted by atomic mass is 35.5. The third kappa shape index (κ3) is 5.25. The Morgan fingerprint density at radius 2 is 1.77 bits per heavy atom. The van der Waals surface area contributed by atoms with Crippen LogP contribution in [-0.4, -0.2) is 54.4 Å². The number of rotatable bonds is 9. The fourth-order valence-electron chi connectivity index (χ4n) is 2.62. The molecule has 0 amide bonds. The number of likely N-dealkylation sites (N-methyl/N-ethyl adjacent to an activating group) is 1. The SMILES string of the molecule is CCN(CC)CCNc1nc(N(C)c2ccc(C)cc2)nc(Cl)c1SC. The summed E-state index contributed by atoms with van der Waals surface area (Å²) < 4.78 is 0. The summed E-state index contributed by atoms with van der Waals surface area (Å²) in [5.41, 5.74) is 2.25. The van der Waals surface area contributed by atoms with Gasteiger partial charge in [-0.05, 0) is 38.4 Å². The lowest BCUT2D eigenvalue weighted by molar-refractivity contribution is 0.316. The van der Waals surface area contributed by atoms with E-state index in [0.29, 0.717) is 11.1 Å². The summed E-state index contributed by atoms with van der Waals surface area (Å²) in [5.74, 6) is 1.38. The Hall–Kier alpha value is -1.50. The Balaban J connectivity index is 2.23. The van der Waals surface area contributed by atoms with Crippen LogP contribution in [0.1, 0.15) is 19.4 Å². The highest BCUT2D eigenvalue weighted by Gasteiger charge is 2.16. The second-order valence-electron chi connectivity index (χ2n) is 6.04. The standard InChI is InChI=1S/C19H28ClN5S/c1-6-25(7-2)13-12-21-18-16(26-5)17(20)22-19(23-18)24(4)15-10-8-14(3)9-11-15/h8-11H,6-7,12-13H2,1-5H3,(H,21,22,23). The molecule has 0 spiro atoms. The van der Waals surface area contributed by atoms with E-state index >= 15 is 0 Å². The molecule has 2 rings (SSSR count). The molecule has 7 heteroatoms. The number of aromatic nitrogens is 2. The van der Waals surface area contributed by atoms with Crippen molar-refractivity contribution in [1.82, 2.24) is 14.9 Å². The van der Waals surface area contributed by atoms with Crippen LogP contribution in [0.4, 0.5) is 17.5 Å². The summed E-state index contributed by atoms with van der Waals surface area (Å²) in [6.45, 7) is 10.3. The van der Waals surface area contributed by atoms with Gasteiger partial charge in [0.2, 0.25) is 5.95 Å². The number of anilines is 3. The molecule has 0 aliphatic rings. The van der Waals surface area contributed by atoms with E-state index in [1.54, 1.807) is 11.8 Å². The molecule has 1 heterocycles. The van der Waals surface area contributed by atoms with E-state index in [9.17, 15) is 0 Å². The van der Waals surface area contributed by atoms with Gasteiger partial charge in [0.05, 0.1) is 4.90 Å². The number of nitrogens with zero attached hydrogens (tertiary/aromatic N) is 4. The van der Waals surface area contributed by atoms with Crippen LogP contribution in [0.3, 0.4) is 0 Å². The maximum atomic E-state index is 6.44. The molecule has 2 aromatic rings. The Kier molecular flexibility index (Phi) is 8.00. The summed E-state index contributed by atoms with van der Waals surface area (Å²) >= 11 is 8.00. The molecule has 142 valence electrons. The van der Waals surface area contributed by atoms with Crippen molar-refractivity contribution in [3.8, 4) is 0 Å². The van der Waals surface area contributed by atoms with E-state index in [1.807, 2.05) is 18.2 Å². The Labute approximate surface area is 166 Å². The van der Waals surface area contributed by atoms with Gasteiger partial charge in [-0.3, -0.25) is 0 Å². The highest BCUT2D eigenvalue weighted by molar-refractivity contribution is 7.98. The second kappa shape index (κ2) is 10.00. The fourth-order valence-corrected chi connectivity index (χ4v) is 3.54. The third-order valence-corrected chi connectivity index (χ3v) is 5.53. The lowest BCUT2D eigenvalue weighted by Gasteiger charge is -2.21. The van der Waals surface area contributed by atoms with Crippen molar-refractivity contribution in [1.29, 1.82) is 0 Å². The molecule has 0 radical (unpaired) electrons. The summed E-state index contributed by atoms with van der Waals surface area (Å²) in [6, 6.07) is 8.27. The lowest BCUT2D eigenvalue weighted by Crippen LogP contribution is -2.29. The molecule has 0 bridgehead atoms. The van der Waals surface area contributed by atoms with Gasteiger partial charge in [0.1, 0.15) is 11.0 Å². The molecule has 0 saturated carbocycles. The quantitative estimate of drug-likeness (QED) is 0.492. The first kappa shape index (κ1) is 20.8. The van der Waals surface area contributed by atoms with Gasteiger partial charge in [0, 0.05) is 25.8 Å². The van der Waals surface area contributed by atoms with E-state index in [2.05, 4.69) is 60.2 Å². The molecular weight excluding hydrogens is 366 g/mol. The number of halogens is 1. The van der Waals surface area contributed by atoms with Crippen LogP contribution in [0.15, 0.2) is 29.2 Å². The molecule has 1 aromatic carbocycles. The zero-order valence-corrected chi connectivity index (χ0v) is 17.8. The van der Waals surface area contributed by atoms with Crippen LogP contribution in [0, 0.1) is 6.92 Å². The van der Waals surface area contributed by atoms with E-state index in [-0.39, 0.29) is 0 Å². The largest absolute Gasteiger partial charge is 0.368 e. The van der Waals surface area contributed by atoms with Gasteiger partial charge < -0.3 is 15.1 Å². The zero-order chi connectivity index (χ0) is 19.1. The maximum Gasteiger partial charge on any atom is 0.233 e. The Bertz CT molecular complexity index is 704. The third-order valence-electron chi connectivity index (χ3n) is 4.35. The number of nitrogens with one attached hydrogen (secondary N) is 1. The van der Waals surface area contributed by atoms with Crippen molar-refractivity contribution < 1.29 is 0 Å². The lowest BCUT2D eigenvalue weighted by atomic mass is 10.2. The molecule has 0 atom stereocenters. The minimum Gasteiger partial charge on any atom is -0.368 e. The first-order valence-corrected chi connectivity index (χ1v) is 10.5. The number of hydrogen-bond acceptors (Lipinski definition) is 6. The predicted molar refractivity (Wildman–Crippen MR) is 114 cm³/mol. The summed E-state index contributed by atoms with van der Waals surface area (Å²) in [5, 5.41) is 3.91. The van der Waals surface area contributed by atoms with Crippen LogP contribution in [-0.2, 0) is 0 Å². The van der Waals surface area contributed by atoms with Crippen molar-refractivity contribution in [2.24, 2.45) is 0 Å². The molecule has 0 unspecified atom stereocenters. The smallest absolute Gasteiger partial charge is 0.233 e. The van der Waals surface area contributed by atoms with Gasteiger partial charge in [-0.25, -0.2) is 0 Å². The van der Waals surface area contributed by atoms with Crippen LogP contribution in [0.5, 0.6) is 0 Å². The average Bonchev–Trinajstić information content (AvgIpc) is 2.65. The predicted octanol–water partition coefficient (Wildman–Crippen LogP) is 4.68. The minimum atomic E-state index is 0.479. The summed E-state index contributed by atoms with van der Waals surface area (Å²) in [7, 11) is 1.95. The van der Waals surface area contributed by atoms with Crippen molar-refractivity contribution in [3.63, 3.8) is 0 Å². The highest BCUT2D eigenvalue weighted by Crippen LogP contribution is 2.33. The van der Waals surface area contributed by atoms with Gasteiger partial charge in [0.25, 0.3) is 0 Å². The summed E-state index contributed by atoms with van der Waals surface area (Å²) in [4.78, 5) is 14.4. The van der Waals surface area contributed by atoms with Crippen LogP contribution in [0.25, 0.3) is 0 Å².